The molecule has 0 aliphatic rings. The van der Waals surface area contributed by atoms with Gasteiger partial charge >= 0.3 is 5.97 Å². The average Bonchev–Trinajstić information content (AvgIpc) is 2.66. The number of carbonyl (C=O) groups is 1. The van der Waals surface area contributed by atoms with Gasteiger partial charge in [-0.3, -0.25) is 0 Å². The number of nitrogens with zero attached hydrogens (tertiary/aromatic N) is 1. The highest BCUT2D eigenvalue weighted by atomic mass is 16.5. The van der Waals surface area contributed by atoms with Crippen molar-refractivity contribution in [3.63, 3.8) is 0 Å². The van der Waals surface area contributed by atoms with E-state index in [4.69, 9.17) is 9.84 Å². The Bertz CT molecular complexity index is 344. The number of aliphatic hydroxyl groups is 1. The molecule has 90 valence electrons. The lowest BCUT2D eigenvalue weighted by Crippen LogP contribution is -2.26. The molecule has 0 saturated heterocycles. The zero-order valence-corrected chi connectivity index (χ0v) is 10.0. The van der Waals surface area contributed by atoms with Crippen LogP contribution in [0.5, 0.6) is 0 Å². The Balaban J connectivity index is 3.01. The summed E-state index contributed by atoms with van der Waals surface area (Å²) >= 11 is 0. The van der Waals surface area contributed by atoms with Crippen molar-refractivity contribution in [2.24, 2.45) is 5.92 Å². The first-order valence-corrected chi connectivity index (χ1v) is 5.46. The molecule has 1 rings (SSSR count). The molecule has 0 fully saturated rings. The smallest absolute Gasteiger partial charge is 0.329 e. The molecule has 1 heterocycles. The third kappa shape index (κ3) is 2.64. The van der Waals surface area contributed by atoms with Crippen LogP contribution in [-0.4, -0.2) is 29.4 Å². The summed E-state index contributed by atoms with van der Waals surface area (Å²) in [4.78, 5) is 11.7. The summed E-state index contributed by atoms with van der Waals surface area (Å²) in [6.07, 6.45) is 2.40. The molecule has 1 aromatic rings. The van der Waals surface area contributed by atoms with E-state index in [9.17, 15) is 4.79 Å². The van der Waals surface area contributed by atoms with Crippen LogP contribution in [-0.2, 0) is 16.0 Å². The number of hydrogen-bond acceptors (Lipinski definition) is 3. The average molecular weight is 225 g/mol. The molecule has 4 heteroatoms. The molecule has 1 aromatic heterocycles. The first-order valence-electron chi connectivity index (χ1n) is 5.46. The van der Waals surface area contributed by atoms with Crippen molar-refractivity contribution in [3.8, 4) is 0 Å². The van der Waals surface area contributed by atoms with Crippen LogP contribution in [0.25, 0.3) is 0 Å². The molecule has 0 amide bonds. The Hall–Kier alpha value is -1.29. The van der Waals surface area contributed by atoms with Gasteiger partial charge in [0.25, 0.3) is 0 Å². The van der Waals surface area contributed by atoms with E-state index in [2.05, 4.69) is 0 Å². The highest BCUT2D eigenvalue weighted by molar-refractivity contribution is 5.74. The predicted molar refractivity (Wildman–Crippen MR) is 61.1 cm³/mol. The van der Waals surface area contributed by atoms with Gasteiger partial charge in [0.05, 0.1) is 7.11 Å². The Morgan fingerprint density at radius 3 is 2.75 bits per heavy atom. The second-order valence-electron chi connectivity index (χ2n) is 4.09. The fraction of sp³-hybridized carbons (Fsp3) is 0.583. The normalized spacial score (nSPS) is 12.8. The summed E-state index contributed by atoms with van der Waals surface area (Å²) in [6, 6.07) is 3.47. The molecule has 0 saturated carbocycles. The maximum Gasteiger partial charge on any atom is 0.329 e. The maximum absolute atomic E-state index is 11.7. The number of ether oxygens (including phenoxy) is 1. The standard InChI is InChI=1S/C12H19NO3/c1-9(2)11(12(15)16-3)13-7-4-5-10(13)6-8-14/h4-5,7,9,11,14H,6,8H2,1-3H3/t11-/m1/s1. The number of hydrogen-bond donors (Lipinski definition) is 1. The van der Waals surface area contributed by atoms with Gasteiger partial charge in [0, 0.05) is 24.9 Å². The molecule has 0 aliphatic heterocycles. The topological polar surface area (TPSA) is 51.5 Å². The minimum Gasteiger partial charge on any atom is -0.467 e. The van der Waals surface area contributed by atoms with Gasteiger partial charge in [0.1, 0.15) is 6.04 Å². The van der Waals surface area contributed by atoms with Gasteiger partial charge in [-0.25, -0.2) is 4.79 Å². The molecule has 0 bridgehead atoms. The fourth-order valence-corrected chi connectivity index (χ4v) is 1.85. The summed E-state index contributed by atoms with van der Waals surface area (Å²) in [7, 11) is 1.40. The number of aromatic nitrogens is 1. The third-order valence-electron chi connectivity index (χ3n) is 2.61. The van der Waals surface area contributed by atoms with Gasteiger partial charge in [-0.05, 0) is 18.1 Å². The van der Waals surface area contributed by atoms with Crippen molar-refractivity contribution in [2.75, 3.05) is 13.7 Å². The second-order valence-corrected chi connectivity index (χ2v) is 4.09. The Morgan fingerprint density at radius 1 is 1.56 bits per heavy atom. The molecular formula is C12H19NO3. The zero-order chi connectivity index (χ0) is 12.1. The lowest BCUT2D eigenvalue weighted by atomic mass is 10.0. The number of rotatable bonds is 5. The first-order chi connectivity index (χ1) is 7.61. The highest BCUT2D eigenvalue weighted by Crippen LogP contribution is 2.22. The van der Waals surface area contributed by atoms with E-state index in [1.165, 1.54) is 7.11 Å². The van der Waals surface area contributed by atoms with E-state index < -0.39 is 0 Å². The van der Waals surface area contributed by atoms with Crippen molar-refractivity contribution >= 4 is 5.97 Å². The Labute approximate surface area is 95.8 Å². The first kappa shape index (κ1) is 12.8. The van der Waals surface area contributed by atoms with Gasteiger partial charge in [0.15, 0.2) is 0 Å². The van der Waals surface area contributed by atoms with Crippen LogP contribution in [0.2, 0.25) is 0 Å². The molecule has 0 spiro atoms. The second kappa shape index (κ2) is 5.70. The van der Waals surface area contributed by atoms with Crippen LogP contribution < -0.4 is 0 Å². The molecule has 0 aliphatic carbocycles. The SMILES string of the molecule is COC(=O)[C@@H](C(C)C)n1cccc1CCO. The summed E-state index contributed by atoms with van der Waals surface area (Å²) in [6.45, 7) is 4.03. The highest BCUT2D eigenvalue weighted by Gasteiger charge is 2.25. The third-order valence-corrected chi connectivity index (χ3v) is 2.61. The van der Waals surface area contributed by atoms with Gasteiger partial charge in [-0.15, -0.1) is 0 Å². The Morgan fingerprint density at radius 2 is 2.25 bits per heavy atom. The summed E-state index contributed by atoms with van der Waals surface area (Å²) < 4.78 is 6.69. The zero-order valence-electron chi connectivity index (χ0n) is 10.0. The van der Waals surface area contributed by atoms with E-state index in [0.29, 0.717) is 6.42 Å². The lowest BCUT2D eigenvalue weighted by Gasteiger charge is -2.22. The largest absolute Gasteiger partial charge is 0.467 e. The lowest BCUT2D eigenvalue weighted by molar-refractivity contribution is -0.146. The fourth-order valence-electron chi connectivity index (χ4n) is 1.85. The van der Waals surface area contributed by atoms with Gasteiger partial charge < -0.3 is 14.4 Å². The number of aliphatic hydroxyl groups excluding tert-OH is 1. The Kier molecular flexibility index (Phi) is 4.55. The van der Waals surface area contributed by atoms with E-state index in [1.807, 2.05) is 36.7 Å². The molecule has 0 radical (unpaired) electrons. The summed E-state index contributed by atoms with van der Waals surface area (Å²) in [5.74, 6) is -0.0947. The van der Waals surface area contributed by atoms with Gasteiger partial charge in [-0.1, -0.05) is 13.8 Å². The molecule has 0 unspecified atom stereocenters. The molecule has 0 aromatic carbocycles. The monoisotopic (exact) mass is 225 g/mol. The minimum atomic E-state index is -0.318. The molecule has 4 nitrogen and oxygen atoms in total. The van der Waals surface area contributed by atoms with E-state index in [1.54, 1.807) is 0 Å². The van der Waals surface area contributed by atoms with E-state index in [-0.39, 0.29) is 24.5 Å². The molecule has 16 heavy (non-hydrogen) atoms. The van der Waals surface area contributed by atoms with Gasteiger partial charge in [-0.2, -0.15) is 0 Å². The van der Waals surface area contributed by atoms with Crippen LogP contribution in [0.1, 0.15) is 25.6 Å². The number of carbonyl (C=O) groups excluding carboxylic acids is 1. The minimum absolute atomic E-state index is 0.0794. The van der Waals surface area contributed by atoms with Crippen LogP contribution in [0.3, 0.4) is 0 Å². The van der Waals surface area contributed by atoms with Crippen molar-refractivity contribution < 1.29 is 14.6 Å². The predicted octanol–water partition coefficient (Wildman–Crippen LogP) is 1.39. The van der Waals surface area contributed by atoms with Crippen molar-refractivity contribution in [1.82, 2.24) is 4.57 Å². The summed E-state index contributed by atoms with van der Waals surface area (Å²) in [5, 5.41) is 8.95. The van der Waals surface area contributed by atoms with Crippen LogP contribution in [0.4, 0.5) is 0 Å². The van der Waals surface area contributed by atoms with Crippen LogP contribution >= 0.6 is 0 Å². The van der Waals surface area contributed by atoms with Gasteiger partial charge in [0.2, 0.25) is 0 Å². The van der Waals surface area contributed by atoms with Crippen molar-refractivity contribution in [3.05, 3.63) is 24.0 Å². The van der Waals surface area contributed by atoms with Crippen LogP contribution in [0.15, 0.2) is 18.3 Å². The molecule has 1 atom stereocenters. The maximum atomic E-state index is 11.7. The van der Waals surface area contributed by atoms with E-state index >= 15 is 0 Å². The quantitative estimate of drug-likeness (QED) is 0.770. The van der Waals surface area contributed by atoms with E-state index in [0.717, 1.165) is 5.69 Å². The van der Waals surface area contributed by atoms with Crippen molar-refractivity contribution in [1.29, 1.82) is 0 Å². The van der Waals surface area contributed by atoms with Crippen molar-refractivity contribution in [2.45, 2.75) is 26.3 Å². The number of esters is 1. The van der Waals surface area contributed by atoms with Crippen LogP contribution in [0, 0.1) is 5.92 Å². The summed E-state index contributed by atoms with van der Waals surface area (Å²) in [5.41, 5.74) is 0.951. The number of methoxy groups -OCH3 is 1. The molecule has 1 N–H and O–H groups in total. The molecular weight excluding hydrogens is 206 g/mol.